The number of nitrogens with one attached hydrogen (secondary N) is 1. The van der Waals surface area contributed by atoms with Gasteiger partial charge < -0.3 is 5.11 Å². The summed E-state index contributed by atoms with van der Waals surface area (Å²) in [4.78, 5) is 33.8. The highest BCUT2D eigenvalue weighted by Crippen LogP contribution is 2.46. The van der Waals surface area contributed by atoms with E-state index in [-0.39, 0.29) is 23.2 Å². The van der Waals surface area contributed by atoms with Gasteiger partial charge in [-0.25, -0.2) is 4.79 Å². The molecule has 1 unspecified atom stereocenters. The van der Waals surface area contributed by atoms with Crippen LogP contribution in [0.15, 0.2) is 73.9 Å². The molecule has 3 heterocycles. The van der Waals surface area contributed by atoms with E-state index in [2.05, 4.69) is 17.6 Å². The number of thiophene rings is 1. The standard InChI is InChI=1S/C20H17N3O3S2/c1-2-9-23-19(25)17(18(24)22-20(23)26)13-11-16(15-8-5-10-27-15)28-14-7-4-3-6-12(14)21-13/h2-8,10,16,25H,1,9,11H2,(H,22,24,26). The van der Waals surface area contributed by atoms with E-state index >= 15 is 0 Å². The molecule has 1 aliphatic heterocycles. The zero-order chi connectivity index (χ0) is 19.7. The maximum atomic E-state index is 12.6. The zero-order valence-electron chi connectivity index (χ0n) is 14.8. The molecule has 2 aromatic heterocycles. The van der Waals surface area contributed by atoms with E-state index in [0.29, 0.717) is 12.1 Å². The van der Waals surface area contributed by atoms with Crippen molar-refractivity contribution in [1.29, 1.82) is 0 Å². The zero-order valence-corrected chi connectivity index (χ0v) is 16.4. The summed E-state index contributed by atoms with van der Waals surface area (Å²) >= 11 is 3.32. The second kappa shape index (κ2) is 7.65. The van der Waals surface area contributed by atoms with Gasteiger partial charge in [-0.2, -0.15) is 0 Å². The van der Waals surface area contributed by atoms with E-state index in [0.717, 1.165) is 20.0 Å². The van der Waals surface area contributed by atoms with Crippen LogP contribution < -0.4 is 11.2 Å². The summed E-state index contributed by atoms with van der Waals surface area (Å²) < 4.78 is 1.08. The Balaban J connectivity index is 1.92. The van der Waals surface area contributed by atoms with Crippen LogP contribution in [0.5, 0.6) is 5.88 Å². The van der Waals surface area contributed by atoms with Crippen LogP contribution in [0.2, 0.25) is 0 Å². The van der Waals surface area contributed by atoms with Gasteiger partial charge in [0.15, 0.2) is 0 Å². The molecule has 0 bridgehead atoms. The Labute approximate surface area is 168 Å². The highest BCUT2D eigenvalue weighted by molar-refractivity contribution is 7.99. The average molecular weight is 412 g/mol. The number of aromatic amines is 1. The fourth-order valence-corrected chi connectivity index (χ4v) is 5.27. The smallest absolute Gasteiger partial charge is 0.331 e. The van der Waals surface area contributed by atoms with Gasteiger partial charge in [-0.15, -0.1) is 29.7 Å². The molecule has 0 saturated heterocycles. The summed E-state index contributed by atoms with van der Waals surface area (Å²) in [5, 5.41) is 12.8. The van der Waals surface area contributed by atoms with Crippen molar-refractivity contribution in [2.75, 3.05) is 0 Å². The van der Waals surface area contributed by atoms with Gasteiger partial charge in [0.25, 0.3) is 5.56 Å². The van der Waals surface area contributed by atoms with E-state index in [4.69, 9.17) is 4.99 Å². The van der Waals surface area contributed by atoms with Crippen molar-refractivity contribution in [3.05, 3.63) is 85.7 Å². The maximum Gasteiger partial charge on any atom is 0.331 e. The molecule has 28 heavy (non-hydrogen) atoms. The monoisotopic (exact) mass is 411 g/mol. The van der Waals surface area contributed by atoms with Crippen molar-refractivity contribution in [2.45, 2.75) is 23.1 Å². The number of allylic oxidation sites excluding steroid dienone is 1. The molecule has 0 aliphatic carbocycles. The quantitative estimate of drug-likeness (QED) is 0.639. The number of para-hydroxylation sites is 1. The number of hydrogen-bond acceptors (Lipinski definition) is 6. The third-order valence-corrected chi connectivity index (χ3v) is 6.84. The SMILES string of the molecule is C=CCn1c(O)c(C2=Nc3ccccc3SC(c3cccs3)C2)c(=O)[nH]c1=O. The minimum Gasteiger partial charge on any atom is -0.494 e. The summed E-state index contributed by atoms with van der Waals surface area (Å²) in [6, 6.07) is 11.8. The van der Waals surface area contributed by atoms with E-state index in [1.54, 1.807) is 23.1 Å². The lowest BCUT2D eigenvalue weighted by atomic mass is 10.1. The number of hydrogen-bond donors (Lipinski definition) is 2. The molecule has 1 aliphatic rings. The predicted octanol–water partition coefficient (Wildman–Crippen LogP) is 3.85. The lowest BCUT2D eigenvalue weighted by molar-refractivity contribution is 0.409. The first-order valence-electron chi connectivity index (χ1n) is 8.62. The topological polar surface area (TPSA) is 87.4 Å². The largest absolute Gasteiger partial charge is 0.494 e. The Morgan fingerprint density at radius 2 is 2.11 bits per heavy atom. The van der Waals surface area contributed by atoms with Crippen LogP contribution >= 0.6 is 23.1 Å². The number of H-pyrrole nitrogens is 1. The summed E-state index contributed by atoms with van der Waals surface area (Å²) in [6.45, 7) is 3.68. The molecule has 2 N–H and O–H groups in total. The van der Waals surface area contributed by atoms with Gasteiger partial charge in [-0.1, -0.05) is 24.3 Å². The molecule has 6 nitrogen and oxygen atoms in total. The van der Waals surface area contributed by atoms with Gasteiger partial charge in [-0.3, -0.25) is 19.3 Å². The Bertz CT molecular complexity index is 1180. The molecule has 0 amide bonds. The maximum absolute atomic E-state index is 12.6. The number of fused-ring (bicyclic) bond motifs is 1. The molecule has 0 fully saturated rings. The van der Waals surface area contributed by atoms with Gasteiger partial charge in [0.05, 0.1) is 11.4 Å². The highest BCUT2D eigenvalue weighted by atomic mass is 32.2. The van der Waals surface area contributed by atoms with Gasteiger partial charge in [0.1, 0.15) is 5.56 Å². The molecule has 0 spiro atoms. The van der Waals surface area contributed by atoms with E-state index in [9.17, 15) is 14.7 Å². The third-order valence-electron chi connectivity index (χ3n) is 4.40. The molecule has 1 aromatic carbocycles. The molecule has 4 rings (SSSR count). The lowest BCUT2D eigenvalue weighted by Crippen LogP contribution is -2.34. The van der Waals surface area contributed by atoms with Crippen molar-refractivity contribution >= 4 is 34.5 Å². The van der Waals surface area contributed by atoms with Crippen molar-refractivity contribution in [2.24, 2.45) is 4.99 Å². The number of aromatic hydroxyl groups is 1. The van der Waals surface area contributed by atoms with Crippen LogP contribution in [0, 0.1) is 0 Å². The first kappa shape index (κ1) is 18.5. The van der Waals surface area contributed by atoms with Gasteiger partial charge in [0, 0.05) is 28.0 Å². The Hall–Kier alpha value is -2.84. The van der Waals surface area contributed by atoms with Crippen LogP contribution in [0.4, 0.5) is 5.69 Å². The second-order valence-electron chi connectivity index (χ2n) is 6.21. The van der Waals surface area contributed by atoms with Gasteiger partial charge in [-0.05, 0) is 23.6 Å². The van der Waals surface area contributed by atoms with Crippen molar-refractivity contribution in [3.8, 4) is 5.88 Å². The minimum atomic E-state index is -0.676. The molecule has 0 saturated carbocycles. The molecular formula is C20H17N3O3S2. The normalized spacial score (nSPS) is 16.1. The number of benzene rings is 1. The molecule has 142 valence electrons. The van der Waals surface area contributed by atoms with Crippen LogP contribution in [0.1, 0.15) is 22.1 Å². The number of thioether (sulfide) groups is 1. The molecule has 8 heteroatoms. The average Bonchev–Trinajstić information content (AvgIpc) is 3.13. The number of aromatic nitrogens is 2. The molecule has 0 radical (unpaired) electrons. The summed E-state index contributed by atoms with van der Waals surface area (Å²) in [5.74, 6) is -0.387. The van der Waals surface area contributed by atoms with Crippen molar-refractivity contribution in [1.82, 2.24) is 9.55 Å². The fraction of sp³-hybridized carbons (Fsp3) is 0.150. The number of aliphatic imine (C=N–C) groups is 1. The molecule has 1 atom stereocenters. The minimum absolute atomic E-state index is 0.0281. The summed E-state index contributed by atoms with van der Waals surface area (Å²) in [7, 11) is 0. The first-order chi connectivity index (χ1) is 13.6. The Morgan fingerprint density at radius 3 is 2.86 bits per heavy atom. The van der Waals surface area contributed by atoms with E-state index in [1.165, 1.54) is 6.08 Å². The Morgan fingerprint density at radius 1 is 1.29 bits per heavy atom. The van der Waals surface area contributed by atoms with Gasteiger partial charge in [0.2, 0.25) is 5.88 Å². The summed E-state index contributed by atoms with van der Waals surface area (Å²) in [5.41, 5.74) is -0.102. The fourth-order valence-electron chi connectivity index (χ4n) is 3.12. The predicted molar refractivity (Wildman–Crippen MR) is 113 cm³/mol. The van der Waals surface area contributed by atoms with Crippen molar-refractivity contribution < 1.29 is 5.11 Å². The van der Waals surface area contributed by atoms with E-state index in [1.807, 2.05) is 35.7 Å². The van der Waals surface area contributed by atoms with Crippen molar-refractivity contribution in [3.63, 3.8) is 0 Å². The molecular weight excluding hydrogens is 394 g/mol. The third kappa shape index (κ3) is 3.36. The van der Waals surface area contributed by atoms with Crippen LogP contribution in [-0.2, 0) is 6.54 Å². The number of rotatable bonds is 4. The Kier molecular flexibility index (Phi) is 5.06. The summed E-state index contributed by atoms with van der Waals surface area (Å²) in [6.07, 6.45) is 1.93. The van der Waals surface area contributed by atoms with E-state index < -0.39 is 11.2 Å². The number of nitrogens with zero attached hydrogens (tertiary/aromatic N) is 2. The highest BCUT2D eigenvalue weighted by Gasteiger charge is 2.27. The lowest BCUT2D eigenvalue weighted by Gasteiger charge is -2.15. The van der Waals surface area contributed by atoms with Crippen LogP contribution in [-0.4, -0.2) is 20.4 Å². The first-order valence-corrected chi connectivity index (χ1v) is 10.4. The molecule has 3 aromatic rings. The van der Waals surface area contributed by atoms with Crippen LogP contribution in [0.3, 0.4) is 0 Å². The van der Waals surface area contributed by atoms with Crippen LogP contribution in [0.25, 0.3) is 0 Å². The second-order valence-corrected chi connectivity index (χ2v) is 8.43. The van der Waals surface area contributed by atoms with Gasteiger partial charge >= 0.3 is 5.69 Å².